The number of carbonyl (C=O) groups excluding carboxylic acids is 2. The van der Waals surface area contributed by atoms with Crippen LogP contribution in [0.1, 0.15) is 23.7 Å². The zero-order valence-corrected chi connectivity index (χ0v) is 15.8. The fourth-order valence-corrected chi connectivity index (χ4v) is 3.19. The van der Waals surface area contributed by atoms with Crippen molar-refractivity contribution in [3.63, 3.8) is 0 Å². The van der Waals surface area contributed by atoms with Gasteiger partial charge in [-0.1, -0.05) is 41.9 Å². The molecule has 1 aromatic heterocycles. The van der Waals surface area contributed by atoms with Crippen LogP contribution in [0.15, 0.2) is 60.8 Å². The predicted molar refractivity (Wildman–Crippen MR) is 103 cm³/mol. The van der Waals surface area contributed by atoms with Gasteiger partial charge >= 0.3 is 11.9 Å². The summed E-state index contributed by atoms with van der Waals surface area (Å²) in [6, 6.07) is 16.4. The van der Waals surface area contributed by atoms with E-state index >= 15 is 0 Å². The van der Waals surface area contributed by atoms with E-state index in [4.69, 9.17) is 21.1 Å². The lowest BCUT2D eigenvalue weighted by molar-refractivity contribution is -0.147. The average molecular weight is 397 g/mol. The van der Waals surface area contributed by atoms with Crippen LogP contribution in [0.3, 0.4) is 0 Å². The number of ether oxygens (including phenoxy) is 2. The van der Waals surface area contributed by atoms with Crippen LogP contribution in [0.2, 0.25) is 5.02 Å². The topological polar surface area (TPSA) is 70.4 Å². The van der Waals surface area contributed by atoms with Crippen molar-refractivity contribution in [1.82, 2.24) is 9.78 Å². The molecule has 1 saturated heterocycles. The molecule has 3 aromatic rings. The zero-order chi connectivity index (χ0) is 19.7. The molecule has 0 amide bonds. The molecule has 7 heteroatoms. The van der Waals surface area contributed by atoms with Gasteiger partial charge in [0.05, 0.1) is 5.69 Å². The van der Waals surface area contributed by atoms with Crippen molar-refractivity contribution < 1.29 is 19.1 Å². The zero-order valence-electron chi connectivity index (χ0n) is 15.0. The summed E-state index contributed by atoms with van der Waals surface area (Å²) in [5.41, 5.74) is 2.22. The highest BCUT2D eigenvalue weighted by Gasteiger charge is 2.36. The van der Waals surface area contributed by atoms with Crippen molar-refractivity contribution >= 4 is 23.5 Å². The second-order valence-corrected chi connectivity index (χ2v) is 6.99. The van der Waals surface area contributed by atoms with E-state index in [2.05, 4.69) is 5.10 Å². The molecule has 1 aliphatic heterocycles. The Morgan fingerprint density at radius 2 is 1.89 bits per heavy atom. The molecule has 2 atom stereocenters. The Kier molecular flexibility index (Phi) is 4.88. The predicted octanol–water partition coefficient (Wildman–Crippen LogP) is 4.05. The maximum absolute atomic E-state index is 12.8. The van der Waals surface area contributed by atoms with Crippen molar-refractivity contribution in [2.24, 2.45) is 0 Å². The van der Waals surface area contributed by atoms with Gasteiger partial charge in [0.15, 0.2) is 0 Å². The highest BCUT2D eigenvalue weighted by Crippen LogP contribution is 2.27. The van der Waals surface area contributed by atoms with Gasteiger partial charge < -0.3 is 9.47 Å². The number of hydrogen-bond donors (Lipinski definition) is 0. The highest BCUT2D eigenvalue weighted by molar-refractivity contribution is 6.30. The lowest BCUT2D eigenvalue weighted by atomic mass is 10.1. The number of aromatic nitrogens is 2. The van der Waals surface area contributed by atoms with Crippen molar-refractivity contribution in [1.29, 1.82) is 0 Å². The van der Waals surface area contributed by atoms with E-state index in [1.165, 1.54) is 0 Å². The molecule has 28 heavy (non-hydrogen) atoms. The third kappa shape index (κ3) is 3.64. The van der Waals surface area contributed by atoms with Crippen molar-refractivity contribution in [2.45, 2.75) is 25.6 Å². The number of cyclic esters (lactones) is 1. The first kappa shape index (κ1) is 18.3. The minimum absolute atomic E-state index is 0.263. The first-order valence-corrected chi connectivity index (χ1v) is 9.21. The Bertz CT molecular complexity index is 1010. The number of carbonyl (C=O) groups is 2. The van der Waals surface area contributed by atoms with E-state index in [0.717, 1.165) is 5.69 Å². The van der Waals surface area contributed by atoms with E-state index in [1.807, 2.05) is 30.3 Å². The normalized spacial score (nSPS) is 18.7. The maximum atomic E-state index is 12.8. The molecule has 0 aliphatic carbocycles. The quantitative estimate of drug-likeness (QED) is 0.622. The number of para-hydroxylation sites is 1. The molecule has 4 rings (SSSR count). The van der Waals surface area contributed by atoms with Crippen LogP contribution in [-0.4, -0.2) is 33.9 Å². The molecule has 0 bridgehead atoms. The van der Waals surface area contributed by atoms with Crippen LogP contribution in [0.5, 0.6) is 0 Å². The lowest BCUT2D eigenvalue weighted by Crippen LogP contribution is -2.22. The Labute approximate surface area is 166 Å². The Morgan fingerprint density at radius 1 is 1.18 bits per heavy atom. The number of esters is 2. The number of benzene rings is 2. The molecular weight excluding hydrogens is 380 g/mol. The fourth-order valence-electron chi connectivity index (χ4n) is 3.07. The summed E-state index contributed by atoms with van der Waals surface area (Å²) >= 11 is 5.98. The summed E-state index contributed by atoms with van der Waals surface area (Å²) in [5, 5.41) is 5.15. The van der Waals surface area contributed by atoms with Crippen LogP contribution in [0, 0.1) is 0 Å². The molecule has 2 aromatic carbocycles. The first-order valence-electron chi connectivity index (χ1n) is 8.84. The van der Waals surface area contributed by atoms with Gasteiger partial charge in [-0.2, -0.15) is 5.10 Å². The minimum atomic E-state index is -0.902. The van der Waals surface area contributed by atoms with Crippen LogP contribution in [-0.2, 0) is 14.3 Å². The summed E-state index contributed by atoms with van der Waals surface area (Å²) < 4.78 is 12.1. The Balaban J connectivity index is 1.72. The van der Waals surface area contributed by atoms with E-state index in [0.29, 0.717) is 22.7 Å². The molecule has 2 heterocycles. The van der Waals surface area contributed by atoms with Crippen LogP contribution < -0.4 is 0 Å². The van der Waals surface area contributed by atoms with E-state index in [-0.39, 0.29) is 11.7 Å². The number of rotatable bonds is 4. The molecule has 0 radical (unpaired) electrons. The minimum Gasteiger partial charge on any atom is -0.460 e. The van der Waals surface area contributed by atoms with Gasteiger partial charge in [-0.15, -0.1) is 0 Å². The molecule has 0 saturated carbocycles. The second-order valence-electron chi connectivity index (χ2n) is 6.56. The van der Waals surface area contributed by atoms with E-state index < -0.39 is 18.0 Å². The van der Waals surface area contributed by atoms with Gasteiger partial charge in [-0.05, 0) is 31.2 Å². The SMILES string of the molecule is CC1CC(OC(=O)c2cn(-c3ccccc3)nc2-c2ccc(Cl)cc2)C(=O)O1. The molecule has 0 spiro atoms. The van der Waals surface area contributed by atoms with Crippen molar-refractivity contribution in [2.75, 3.05) is 0 Å². The third-order valence-corrected chi connectivity index (χ3v) is 4.70. The van der Waals surface area contributed by atoms with Crippen LogP contribution >= 0.6 is 11.6 Å². The molecule has 1 aliphatic rings. The van der Waals surface area contributed by atoms with Gasteiger partial charge in [0.25, 0.3) is 0 Å². The smallest absolute Gasteiger partial charge is 0.347 e. The standard InChI is InChI=1S/C21H17ClN2O4/c1-13-11-18(21(26)27-13)28-20(25)17-12-24(16-5-3-2-4-6-16)23-19(17)14-7-9-15(22)10-8-14/h2-10,12-13,18H,11H2,1H3. The summed E-state index contributed by atoms with van der Waals surface area (Å²) in [7, 11) is 0. The van der Waals surface area contributed by atoms with Gasteiger partial charge in [0.1, 0.15) is 17.4 Å². The average Bonchev–Trinajstić information content (AvgIpc) is 3.27. The molecule has 142 valence electrons. The van der Waals surface area contributed by atoms with Crippen LogP contribution in [0.25, 0.3) is 16.9 Å². The summed E-state index contributed by atoms with van der Waals surface area (Å²) in [5.74, 6) is -1.15. The molecule has 6 nitrogen and oxygen atoms in total. The lowest BCUT2D eigenvalue weighted by Gasteiger charge is -2.08. The number of nitrogens with zero attached hydrogens (tertiary/aromatic N) is 2. The van der Waals surface area contributed by atoms with Crippen LogP contribution in [0.4, 0.5) is 0 Å². The molecule has 2 unspecified atom stereocenters. The summed E-state index contributed by atoms with van der Waals surface area (Å²) in [4.78, 5) is 24.7. The van der Waals surface area contributed by atoms with Gasteiger partial charge in [-0.25, -0.2) is 14.3 Å². The summed E-state index contributed by atoms with van der Waals surface area (Å²) in [6.07, 6.45) is 0.771. The third-order valence-electron chi connectivity index (χ3n) is 4.45. The maximum Gasteiger partial charge on any atom is 0.347 e. The summed E-state index contributed by atoms with van der Waals surface area (Å²) in [6.45, 7) is 1.76. The number of halogens is 1. The fraction of sp³-hybridized carbons (Fsp3) is 0.190. The van der Waals surface area contributed by atoms with E-state index in [9.17, 15) is 9.59 Å². The van der Waals surface area contributed by atoms with Crippen molar-refractivity contribution in [3.05, 3.63) is 71.4 Å². The molecule has 0 N–H and O–H groups in total. The van der Waals surface area contributed by atoms with Gasteiger partial charge in [0, 0.05) is 23.2 Å². The van der Waals surface area contributed by atoms with E-state index in [1.54, 1.807) is 42.1 Å². The second kappa shape index (κ2) is 7.48. The van der Waals surface area contributed by atoms with Crippen molar-refractivity contribution in [3.8, 4) is 16.9 Å². The molecule has 1 fully saturated rings. The monoisotopic (exact) mass is 396 g/mol. The van der Waals surface area contributed by atoms with Gasteiger partial charge in [0.2, 0.25) is 6.10 Å². The number of hydrogen-bond acceptors (Lipinski definition) is 5. The first-order chi connectivity index (χ1) is 13.5. The van der Waals surface area contributed by atoms with Gasteiger partial charge in [-0.3, -0.25) is 0 Å². The molecular formula is C21H17ClN2O4. The Morgan fingerprint density at radius 3 is 2.54 bits per heavy atom. The largest absolute Gasteiger partial charge is 0.460 e. The highest BCUT2D eigenvalue weighted by atomic mass is 35.5. The Hall–Kier alpha value is -3.12.